The van der Waals surface area contributed by atoms with Gasteiger partial charge in [-0.25, -0.2) is 19.4 Å². The molecule has 2 aliphatic carbocycles. The van der Waals surface area contributed by atoms with Crippen molar-refractivity contribution in [1.29, 1.82) is 0 Å². The fourth-order valence-corrected chi connectivity index (χ4v) is 21.7. The Kier molecular flexibility index (Phi) is 23.4. The predicted octanol–water partition coefficient (Wildman–Crippen LogP) is 6.39. The van der Waals surface area contributed by atoms with Crippen molar-refractivity contribution in [3.05, 3.63) is 118 Å². The molecule has 28 heteroatoms. The van der Waals surface area contributed by atoms with E-state index in [9.17, 15) is 48.3 Å². The second-order valence-electron chi connectivity index (χ2n) is 26.6. The van der Waals surface area contributed by atoms with Gasteiger partial charge in [0, 0.05) is 74.2 Å². The van der Waals surface area contributed by atoms with Crippen LogP contribution < -0.4 is 42.8 Å². The van der Waals surface area contributed by atoms with Gasteiger partial charge in [0.05, 0.1) is 89.2 Å². The number of rotatable bonds is 34. The predicted molar refractivity (Wildman–Crippen MR) is 369 cm³/mol. The number of amides is 7. The Morgan fingerprint density at radius 1 is 0.724 bits per heavy atom. The number of allylic oxidation sites excluding steroid dienone is 2. The third kappa shape index (κ3) is 16.2. The van der Waals surface area contributed by atoms with Crippen LogP contribution in [0.1, 0.15) is 108 Å². The summed E-state index contributed by atoms with van der Waals surface area (Å²) < 4.78 is 13.3. The number of nitrogens with one attached hydrogen (secondary N) is 6. The van der Waals surface area contributed by atoms with Gasteiger partial charge in [-0.05, 0) is 66.5 Å². The van der Waals surface area contributed by atoms with E-state index in [1.807, 2.05) is 48.5 Å². The number of hydrogen-bond acceptors (Lipinski definition) is 18. The highest BCUT2D eigenvalue weighted by Gasteiger charge is 2.63. The molecule has 2 bridgehead atoms. The highest BCUT2D eigenvalue weighted by Crippen LogP contribution is 2.58. The zero-order chi connectivity index (χ0) is 69.8. The Bertz CT molecular complexity index is 3950. The van der Waals surface area contributed by atoms with E-state index in [1.165, 1.54) is 29.3 Å². The van der Waals surface area contributed by atoms with Crippen LogP contribution in [-0.2, 0) is 62.7 Å². The van der Waals surface area contributed by atoms with Gasteiger partial charge in [-0.2, -0.15) is 4.98 Å². The maximum absolute atomic E-state index is 14.1. The summed E-state index contributed by atoms with van der Waals surface area (Å²) in [6.45, 7) is 16.1. The number of carbonyl (C=O) groups excluding carboxylic acids is 7. The SMILES string of the molecule is CC(C)[Si](CCCC1C2C=CC1C1C(=O)N(CCC(=O)NCCOCCC(=O)NCCC(=O)N3Cc4ccccc4-c4c(nnn4CCOCCNC(=O)CC[C@H](NC(=O)c4ccc(NCc5cnc6nc(N)[nH]c(=O)c6n5)cc4)C(=O)O)-c4ccccc43)C(=O)C21)(C(C)C)C(C)C. The van der Waals surface area contributed by atoms with Gasteiger partial charge < -0.3 is 51.8 Å². The van der Waals surface area contributed by atoms with Gasteiger partial charge in [0.25, 0.3) is 11.5 Å². The van der Waals surface area contributed by atoms with Crippen LogP contribution in [0.5, 0.6) is 0 Å². The minimum absolute atomic E-state index is 0.00507. The van der Waals surface area contributed by atoms with Gasteiger partial charge in [0.15, 0.2) is 11.2 Å². The van der Waals surface area contributed by atoms with Gasteiger partial charge in [0.2, 0.25) is 41.4 Å². The van der Waals surface area contributed by atoms with E-state index >= 15 is 0 Å². The second-order valence-corrected chi connectivity index (χ2v) is 32.7. The zero-order valence-electron chi connectivity index (χ0n) is 56.4. The number of anilines is 3. The molecule has 0 radical (unpaired) electrons. The van der Waals surface area contributed by atoms with Crippen molar-refractivity contribution in [3.63, 3.8) is 0 Å². The van der Waals surface area contributed by atoms with Crippen molar-refractivity contribution in [2.75, 3.05) is 68.6 Å². The third-order valence-corrected chi connectivity index (χ3v) is 27.6. The Morgan fingerprint density at radius 2 is 1.36 bits per heavy atom. The lowest BCUT2D eigenvalue weighted by molar-refractivity contribution is -0.142. The van der Waals surface area contributed by atoms with Crippen LogP contribution in [0.2, 0.25) is 22.7 Å². The number of carbonyl (C=O) groups is 8. The van der Waals surface area contributed by atoms with E-state index in [-0.39, 0.29) is 174 Å². The first-order valence-electron chi connectivity index (χ1n) is 33.9. The standard InChI is InChI=1S/C70H89N15O12Si/c1-41(2)98(42(3)4,43(5)6)37-11-15-49-50-21-22-51(49)60-59(50)67(92)83(68(60)93)31-26-56(87)74-29-34-96-33-27-57(88)72-28-25-58(89)84-40-45-12-7-8-13-48(45)63-61(52-14-9-10-16-54(52)84)81-82-85(63)32-36-97-35-30-73-55(86)24-23-53(69(94)95)78-65(90)44-17-19-46(20-18-44)75-38-47-39-76-64-62(77-47)66(91)80-70(71)79-64/h7-10,12-14,16-22,39,41-43,49-51,53,59-60,75H,11,15,23-38,40H2,1-6H3,(H,72,88)(H,73,86)(H,74,87)(H,78,90)(H,94,95)(H3,71,76,79,80,91)/t49?,50?,51?,53-,59?,60?/m0/s1. The number of H-pyrrole nitrogens is 1. The number of ether oxygens (including phenoxy) is 2. The van der Waals surface area contributed by atoms with E-state index in [1.54, 1.807) is 21.7 Å². The van der Waals surface area contributed by atoms with Crippen molar-refractivity contribution < 1.29 is 52.9 Å². The molecule has 5 atom stereocenters. The number of aromatic amines is 1. The van der Waals surface area contributed by atoms with E-state index < -0.39 is 37.5 Å². The molecule has 520 valence electrons. The average Bonchev–Trinajstić information content (AvgIpc) is 1.55. The van der Waals surface area contributed by atoms with E-state index in [2.05, 4.69) is 111 Å². The Balaban J connectivity index is 0.606. The van der Waals surface area contributed by atoms with Crippen LogP contribution >= 0.6 is 0 Å². The molecule has 2 aliphatic heterocycles. The highest BCUT2D eigenvalue weighted by molar-refractivity contribution is 6.83. The molecule has 4 unspecified atom stereocenters. The first-order chi connectivity index (χ1) is 47.1. The van der Waals surface area contributed by atoms with E-state index in [0.29, 0.717) is 57.4 Å². The number of likely N-dealkylation sites (tertiary alicyclic amines) is 1. The molecular formula is C70H89N15O12Si. The number of nitrogens with two attached hydrogens (primary N) is 1. The summed E-state index contributed by atoms with van der Waals surface area (Å²) in [4.78, 5) is 135. The molecule has 6 aromatic rings. The molecule has 9 N–H and O–H groups in total. The van der Waals surface area contributed by atoms with Crippen LogP contribution in [0.4, 0.5) is 17.3 Å². The summed E-state index contributed by atoms with van der Waals surface area (Å²) >= 11 is 0. The Labute approximate surface area is 569 Å². The molecular weight excluding hydrogens is 1270 g/mol. The topological polar surface area (TPSA) is 370 Å². The van der Waals surface area contributed by atoms with Gasteiger partial charge >= 0.3 is 5.97 Å². The van der Waals surface area contributed by atoms with Gasteiger partial charge in [-0.1, -0.05) is 130 Å². The fraction of sp³-hybridized carbons (Fsp3) is 0.486. The number of imide groups is 1. The summed E-state index contributed by atoms with van der Waals surface area (Å²) in [5.74, 6) is -3.76. The van der Waals surface area contributed by atoms with Gasteiger partial charge in [-0.3, -0.25) is 48.2 Å². The zero-order valence-corrected chi connectivity index (χ0v) is 57.4. The minimum Gasteiger partial charge on any atom is -0.480 e. The van der Waals surface area contributed by atoms with E-state index in [4.69, 9.17) is 15.2 Å². The van der Waals surface area contributed by atoms with Crippen LogP contribution in [0.15, 0.2) is 95.9 Å². The van der Waals surface area contributed by atoms with Crippen molar-refractivity contribution in [3.8, 4) is 22.5 Å². The summed E-state index contributed by atoms with van der Waals surface area (Å²) in [6.07, 6.45) is 7.65. The number of nitrogen functional groups attached to an aromatic ring is 1. The number of para-hydroxylation sites is 1. The molecule has 1 saturated heterocycles. The summed E-state index contributed by atoms with van der Waals surface area (Å²) in [7, 11) is -1.55. The lowest BCUT2D eigenvalue weighted by Gasteiger charge is -2.43. The maximum atomic E-state index is 14.1. The number of aliphatic carboxylic acids is 1. The van der Waals surface area contributed by atoms with Crippen LogP contribution in [-0.4, -0.2) is 159 Å². The van der Waals surface area contributed by atoms with Crippen molar-refractivity contribution in [2.45, 2.75) is 135 Å². The lowest BCUT2D eigenvalue weighted by atomic mass is 9.85. The molecule has 7 amide bonds. The van der Waals surface area contributed by atoms with Crippen LogP contribution in [0.25, 0.3) is 33.7 Å². The quantitative estimate of drug-likeness (QED) is 0.00939. The Morgan fingerprint density at radius 3 is 2.04 bits per heavy atom. The van der Waals surface area contributed by atoms with Crippen molar-refractivity contribution in [1.82, 2.24) is 61.1 Å². The van der Waals surface area contributed by atoms with Crippen molar-refractivity contribution >= 4 is 83.9 Å². The molecule has 27 nitrogen and oxygen atoms in total. The third-order valence-electron chi connectivity index (χ3n) is 20.0. The summed E-state index contributed by atoms with van der Waals surface area (Å²) in [5.41, 5.74) is 12.8. The first kappa shape index (κ1) is 71.2. The summed E-state index contributed by atoms with van der Waals surface area (Å²) in [6, 6.07) is 21.3. The number of hydrogen-bond donors (Lipinski definition) is 8. The number of carboxylic acids is 1. The molecule has 3 aromatic carbocycles. The molecule has 0 spiro atoms. The average molecular weight is 1360 g/mol. The molecule has 10 rings (SSSR count). The fourth-order valence-electron chi connectivity index (χ4n) is 15.2. The van der Waals surface area contributed by atoms with Crippen LogP contribution in [0, 0.1) is 29.6 Å². The number of aromatic nitrogens is 7. The number of nitrogens with zero attached hydrogens (tertiary/aromatic N) is 8. The molecule has 1 saturated carbocycles. The minimum atomic E-state index is -1.55. The molecule has 3 aromatic heterocycles. The molecule has 4 aliphatic rings. The first-order valence-corrected chi connectivity index (χ1v) is 36.4. The molecule has 2 fully saturated rings. The maximum Gasteiger partial charge on any atom is 0.326 e. The van der Waals surface area contributed by atoms with Crippen molar-refractivity contribution in [2.24, 2.45) is 29.6 Å². The normalized spacial score (nSPS) is 17.9. The largest absolute Gasteiger partial charge is 0.480 e. The summed E-state index contributed by atoms with van der Waals surface area (Å²) in [5, 5.41) is 33.0. The smallest absolute Gasteiger partial charge is 0.326 e. The van der Waals surface area contributed by atoms with Gasteiger partial charge in [0.1, 0.15) is 11.7 Å². The second kappa shape index (κ2) is 32.2. The number of benzene rings is 3. The number of fused-ring (bicyclic) bond motifs is 11. The monoisotopic (exact) mass is 1360 g/mol. The lowest BCUT2D eigenvalue weighted by Crippen LogP contribution is -2.44. The van der Waals surface area contributed by atoms with Gasteiger partial charge in [-0.15, -0.1) is 5.10 Å². The van der Waals surface area contributed by atoms with E-state index in [0.717, 1.165) is 29.7 Å². The highest BCUT2D eigenvalue weighted by atomic mass is 28.3. The van der Waals surface area contributed by atoms with Crippen LogP contribution in [0.3, 0.4) is 0 Å². The molecule has 98 heavy (non-hydrogen) atoms. The number of carboxylic acid groups (broad SMARTS) is 1. The Hall–Kier alpha value is -9.54. The molecule has 5 heterocycles.